The highest BCUT2D eigenvalue weighted by molar-refractivity contribution is 7.77. The number of hydrazine groups is 1. The highest BCUT2D eigenvalue weighted by atomic mass is 32.1. The van der Waals surface area contributed by atoms with Gasteiger partial charge in [-0.3, -0.25) is 0 Å². The molecule has 0 fully saturated rings. The second-order valence-electron chi connectivity index (χ2n) is 1.89. The Morgan fingerprint density at radius 2 is 2.27 bits per heavy atom. The van der Waals surface area contributed by atoms with Crippen LogP contribution in [0, 0.1) is 10.1 Å². The van der Waals surface area contributed by atoms with E-state index in [1.54, 1.807) is 6.08 Å². The second kappa shape index (κ2) is 4.79. The molecular weight excluding hydrogens is 164 g/mol. The molecule has 0 saturated heterocycles. The summed E-state index contributed by atoms with van der Waals surface area (Å²) in [4.78, 5) is 10.1. The fraction of sp³-hybridized carbons (Fsp3) is 0.333. The number of thiol groups is 1. The van der Waals surface area contributed by atoms with Crippen LogP contribution >= 0.6 is 12.8 Å². The molecule has 0 bridgehead atoms. The Kier molecular flexibility index (Phi) is 4.36. The topological polar surface area (TPSA) is 46.4 Å². The van der Waals surface area contributed by atoms with Crippen molar-refractivity contribution in [2.75, 3.05) is 0 Å². The van der Waals surface area contributed by atoms with Gasteiger partial charge in [-0.25, -0.2) is 10.1 Å². The Hall–Kier alpha value is -0.970. The molecule has 0 aromatic carbocycles. The van der Waals surface area contributed by atoms with Gasteiger partial charge in [0, 0.05) is 12.8 Å². The van der Waals surface area contributed by atoms with E-state index in [1.165, 1.54) is 6.08 Å². The minimum absolute atomic E-state index is 0.397. The maximum atomic E-state index is 10.1. The van der Waals surface area contributed by atoms with Gasteiger partial charge in [-0.2, -0.15) is 0 Å². The molecule has 0 N–H and O–H groups in total. The van der Waals surface area contributed by atoms with E-state index < -0.39 is 11.1 Å². The zero-order valence-corrected chi connectivity index (χ0v) is 6.91. The summed E-state index contributed by atoms with van der Waals surface area (Å²) in [6.07, 6.45) is 3.50. The summed E-state index contributed by atoms with van der Waals surface area (Å²) < 4.78 is 0.703. The van der Waals surface area contributed by atoms with Gasteiger partial charge >= 0.3 is 0 Å². The molecule has 0 rings (SSSR count). The summed E-state index contributed by atoms with van der Waals surface area (Å²) in [5, 5.41) is 9.55. The SMILES string of the molecule is C=CCC(C=C)N(S)[N+](=O)[O-]. The van der Waals surface area contributed by atoms with Crippen LogP contribution in [0.25, 0.3) is 0 Å². The Morgan fingerprint density at radius 3 is 2.55 bits per heavy atom. The molecule has 5 heteroatoms. The predicted octanol–water partition coefficient (Wildman–Crippen LogP) is 1.46. The highest BCUT2D eigenvalue weighted by Crippen LogP contribution is 2.08. The summed E-state index contributed by atoms with van der Waals surface area (Å²) in [7, 11) is 0. The van der Waals surface area contributed by atoms with E-state index in [2.05, 4.69) is 26.0 Å². The first-order chi connectivity index (χ1) is 5.13. The standard InChI is InChI=1S/C6H10N2O2S/c1-3-5-6(4-2)7(11)8(9)10/h3-4,6,11H,1-2,5H2. The summed E-state index contributed by atoms with van der Waals surface area (Å²) in [5.41, 5.74) is 0. The van der Waals surface area contributed by atoms with Crippen molar-refractivity contribution in [1.29, 1.82) is 0 Å². The Labute approximate surface area is 70.9 Å². The van der Waals surface area contributed by atoms with Gasteiger partial charge in [-0.05, 0) is 6.42 Å². The van der Waals surface area contributed by atoms with E-state index in [-0.39, 0.29) is 0 Å². The van der Waals surface area contributed by atoms with Gasteiger partial charge in [0.15, 0.2) is 5.03 Å². The van der Waals surface area contributed by atoms with Gasteiger partial charge in [-0.1, -0.05) is 16.6 Å². The Balaban J connectivity index is 4.11. The molecule has 0 aromatic heterocycles. The van der Waals surface area contributed by atoms with Crippen LogP contribution in [0.2, 0.25) is 0 Å². The molecule has 11 heavy (non-hydrogen) atoms. The third-order valence-corrected chi connectivity index (χ3v) is 1.59. The molecule has 0 saturated carbocycles. The summed E-state index contributed by atoms with van der Waals surface area (Å²) in [6, 6.07) is -0.397. The number of hydrogen-bond acceptors (Lipinski definition) is 3. The minimum atomic E-state index is -0.598. The van der Waals surface area contributed by atoms with Crippen molar-refractivity contribution in [3.63, 3.8) is 0 Å². The zero-order valence-electron chi connectivity index (χ0n) is 6.01. The van der Waals surface area contributed by atoms with Crippen LogP contribution in [0.3, 0.4) is 0 Å². The van der Waals surface area contributed by atoms with Crippen LogP contribution in [0.5, 0.6) is 0 Å². The van der Waals surface area contributed by atoms with E-state index >= 15 is 0 Å². The Bertz CT molecular complexity index is 172. The van der Waals surface area contributed by atoms with Gasteiger partial charge in [0.1, 0.15) is 6.04 Å². The maximum Gasteiger partial charge on any atom is 0.171 e. The van der Waals surface area contributed by atoms with E-state index in [0.29, 0.717) is 10.8 Å². The number of hydrogen-bond donors (Lipinski definition) is 1. The third kappa shape index (κ3) is 3.08. The molecule has 0 heterocycles. The van der Waals surface area contributed by atoms with Gasteiger partial charge in [0.05, 0.1) is 0 Å². The lowest BCUT2D eigenvalue weighted by atomic mass is 10.2. The van der Waals surface area contributed by atoms with E-state index in [1.807, 2.05) is 0 Å². The van der Waals surface area contributed by atoms with Crippen molar-refractivity contribution in [3.05, 3.63) is 35.4 Å². The van der Waals surface area contributed by atoms with Crippen molar-refractivity contribution in [2.45, 2.75) is 12.5 Å². The minimum Gasteiger partial charge on any atom is -0.234 e. The molecule has 0 aromatic rings. The lowest BCUT2D eigenvalue weighted by Crippen LogP contribution is -2.29. The molecule has 0 aliphatic carbocycles. The van der Waals surface area contributed by atoms with Gasteiger partial charge in [-0.15, -0.1) is 13.2 Å². The summed E-state index contributed by atoms with van der Waals surface area (Å²) in [6.45, 7) is 6.90. The molecule has 0 amide bonds. The van der Waals surface area contributed by atoms with Crippen molar-refractivity contribution in [3.8, 4) is 0 Å². The van der Waals surface area contributed by atoms with Crippen LogP contribution in [-0.4, -0.2) is 15.5 Å². The Morgan fingerprint density at radius 1 is 1.73 bits per heavy atom. The molecule has 0 aliphatic heterocycles. The monoisotopic (exact) mass is 174 g/mol. The average molecular weight is 174 g/mol. The number of nitro groups is 1. The highest BCUT2D eigenvalue weighted by Gasteiger charge is 2.17. The van der Waals surface area contributed by atoms with E-state index in [0.717, 1.165) is 0 Å². The van der Waals surface area contributed by atoms with Crippen LogP contribution in [-0.2, 0) is 0 Å². The van der Waals surface area contributed by atoms with Crippen molar-refractivity contribution < 1.29 is 5.03 Å². The predicted molar refractivity (Wildman–Crippen MR) is 46.6 cm³/mol. The third-order valence-electron chi connectivity index (χ3n) is 1.14. The molecule has 0 aliphatic rings. The molecule has 0 spiro atoms. The first-order valence-corrected chi connectivity index (χ1v) is 3.39. The van der Waals surface area contributed by atoms with E-state index in [4.69, 9.17) is 0 Å². The first-order valence-electron chi connectivity index (χ1n) is 2.99. The maximum absolute atomic E-state index is 10.1. The van der Waals surface area contributed by atoms with Crippen LogP contribution in [0.1, 0.15) is 6.42 Å². The summed E-state index contributed by atoms with van der Waals surface area (Å²) >= 11 is 3.65. The second-order valence-corrected chi connectivity index (χ2v) is 2.30. The van der Waals surface area contributed by atoms with Crippen molar-refractivity contribution in [1.82, 2.24) is 4.41 Å². The molecule has 62 valence electrons. The van der Waals surface area contributed by atoms with Crippen molar-refractivity contribution >= 4 is 12.8 Å². The number of nitrogens with zero attached hydrogens (tertiary/aromatic N) is 2. The van der Waals surface area contributed by atoms with Gasteiger partial charge in [0.25, 0.3) is 0 Å². The molecule has 0 radical (unpaired) electrons. The zero-order chi connectivity index (χ0) is 8.85. The van der Waals surface area contributed by atoms with Crippen molar-refractivity contribution in [2.24, 2.45) is 0 Å². The molecule has 1 atom stereocenters. The lowest BCUT2D eigenvalue weighted by molar-refractivity contribution is -0.621. The summed E-state index contributed by atoms with van der Waals surface area (Å²) in [5.74, 6) is 0. The molecule has 1 unspecified atom stereocenters. The van der Waals surface area contributed by atoms with Crippen LogP contribution < -0.4 is 0 Å². The van der Waals surface area contributed by atoms with Gasteiger partial charge in [0.2, 0.25) is 0 Å². The van der Waals surface area contributed by atoms with E-state index in [9.17, 15) is 10.1 Å². The average Bonchev–Trinajstić information content (AvgIpc) is 1.98. The molecule has 4 nitrogen and oxygen atoms in total. The first kappa shape index (κ1) is 10.0. The molecular formula is C6H10N2O2S. The van der Waals surface area contributed by atoms with Gasteiger partial charge < -0.3 is 0 Å². The lowest BCUT2D eigenvalue weighted by Gasteiger charge is -2.13. The smallest absolute Gasteiger partial charge is 0.171 e. The fourth-order valence-electron chi connectivity index (χ4n) is 0.577. The fourth-order valence-corrected chi connectivity index (χ4v) is 0.765. The quantitative estimate of drug-likeness (QED) is 0.297. The van der Waals surface area contributed by atoms with Crippen LogP contribution in [0.4, 0.5) is 0 Å². The van der Waals surface area contributed by atoms with Crippen LogP contribution in [0.15, 0.2) is 25.3 Å². The normalized spacial score (nSPS) is 11.7. The largest absolute Gasteiger partial charge is 0.234 e. The number of rotatable bonds is 5.